The first-order valence-corrected chi connectivity index (χ1v) is 7.64. The van der Waals surface area contributed by atoms with Crippen molar-refractivity contribution in [2.24, 2.45) is 0 Å². The van der Waals surface area contributed by atoms with E-state index in [0.717, 1.165) is 11.3 Å². The number of hydrogen-bond donors (Lipinski definition) is 0. The second kappa shape index (κ2) is 4.68. The van der Waals surface area contributed by atoms with Crippen LogP contribution in [0.4, 0.5) is 0 Å². The molecule has 0 fully saturated rings. The fourth-order valence-electron chi connectivity index (χ4n) is 2.66. The maximum Gasteiger partial charge on any atom is 0.0716 e. The van der Waals surface area contributed by atoms with E-state index in [1.165, 1.54) is 31.9 Å². The van der Waals surface area contributed by atoms with Gasteiger partial charge in [-0.25, -0.2) is 0 Å². The van der Waals surface area contributed by atoms with Crippen LogP contribution in [-0.4, -0.2) is 4.98 Å². The van der Waals surface area contributed by atoms with E-state index in [-0.39, 0.29) is 5.56 Å². The van der Waals surface area contributed by atoms with Crippen LogP contribution in [0.25, 0.3) is 31.4 Å². The third kappa shape index (κ3) is 2.03. The van der Waals surface area contributed by atoms with Gasteiger partial charge >= 0.3 is 0 Å². The lowest BCUT2D eigenvalue weighted by Gasteiger charge is -2.03. The molecule has 0 saturated heterocycles. The van der Waals surface area contributed by atoms with Gasteiger partial charge in [-0.3, -0.25) is 4.98 Å². The molecule has 0 amide bonds. The van der Waals surface area contributed by atoms with Crippen molar-refractivity contribution in [1.29, 1.82) is 0 Å². The van der Waals surface area contributed by atoms with E-state index >= 15 is 0 Å². The van der Waals surface area contributed by atoms with Crippen molar-refractivity contribution in [1.82, 2.24) is 4.98 Å². The molecule has 2 aromatic heterocycles. The van der Waals surface area contributed by atoms with Gasteiger partial charge in [-0.15, -0.1) is 11.3 Å². The zero-order valence-electron chi connectivity index (χ0n) is 14.6. The van der Waals surface area contributed by atoms with E-state index in [9.17, 15) is 0 Å². The zero-order valence-corrected chi connectivity index (χ0v) is 12.4. The van der Waals surface area contributed by atoms with Crippen molar-refractivity contribution in [2.45, 2.75) is 13.8 Å². The van der Waals surface area contributed by atoms with Crippen molar-refractivity contribution in [2.75, 3.05) is 0 Å². The van der Waals surface area contributed by atoms with Gasteiger partial charge in [0.1, 0.15) is 0 Å². The van der Waals surface area contributed by atoms with Crippen LogP contribution in [0.1, 0.15) is 15.2 Å². The molecule has 0 saturated carbocycles. The minimum atomic E-state index is -2.12. The lowest BCUT2D eigenvalue weighted by molar-refractivity contribution is 1.27. The fraction of sp³-hybridized carbons (Fsp3) is 0.105. The largest absolute Gasteiger partial charge is 0.256 e. The molecule has 21 heavy (non-hydrogen) atoms. The molecule has 0 atom stereocenters. The molecule has 2 aromatic carbocycles. The van der Waals surface area contributed by atoms with Crippen LogP contribution in [0, 0.1) is 13.8 Å². The first-order chi connectivity index (χ1) is 11.4. The summed E-state index contributed by atoms with van der Waals surface area (Å²) >= 11 is 1.76. The second-order valence-electron chi connectivity index (χ2n) is 5.22. The molecular formula is C19H15NS. The highest BCUT2D eigenvalue weighted by atomic mass is 32.1. The van der Waals surface area contributed by atoms with Crippen molar-refractivity contribution in [3.8, 4) is 11.3 Å². The molecule has 2 heteroatoms. The second-order valence-corrected chi connectivity index (χ2v) is 6.27. The topological polar surface area (TPSA) is 12.9 Å². The van der Waals surface area contributed by atoms with Crippen molar-refractivity contribution < 1.29 is 4.11 Å². The Labute approximate surface area is 132 Å². The van der Waals surface area contributed by atoms with Crippen molar-refractivity contribution in [3.05, 3.63) is 65.9 Å². The summed E-state index contributed by atoms with van der Waals surface area (Å²) in [5.41, 5.74) is 3.36. The van der Waals surface area contributed by atoms with Crippen molar-refractivity contribution >= 4 is 31.5 Å². The lowest BCUT2D eigenvalue weighted by atomic mass is 10.1. The quantitative estimate of drug-likeness (QED) is 0.436. The smallest absolute Gasteiger partial charge is 0.0716 e. The third-order valence-corrected chi connectivity index (χ3v) is 4.90. The highest BCUT2D eigenvalue weighted by Gasteiger charge is 2.10. The van der Waals surface area contributed by atoms with E-state index in [2.05, 4.69) is 36.2 Å². The summed E-state index contributed by atoms with van der Waals surface area (Å²) in [7, 11) is 0. The van der Waals surface area contributed by atoms with E-state index in [1.54, 1.807) is 23.5 Å². The minimum Gasteiger partial charge on any atom is -0.256 e. The molecule has 0 unspecified atom stereocenters. The van der Waals surface area contributed by atoms with E-state index in [1.807, 2.05) is 12.1 Å². The van der Waals surface area contributed by atoms with Gasteiger partial charge in [0, 0.05) is 36.0 Å². The van der Waals surface area contributed by atoms with Gasteiger partial charge in [0.2, 0.25) is 0 Å². The van der Waals surface area contributed by atoms with E-state index in [0.29, 0.717) is 0 Å². The van der Waals surface area contributed by atoms with Gasteiger partial charge in [-0.05, 0) is 37.0 Å². The SMILES string of the molecule is [2H]C([2H])([2H])c1ccc(-c2cccc3c2sc2cc(C)ccc23)nc1. The van der Waals surface area contributed by atoms with E-state index < -0.39 is 6.85 Å². The maximum atomic E-state index is 7.47. The molecule has 0 aliphatic carbocycles. The zero-order chi connectivity index (χ0) is 16.9. The summed E-state index contributed by atoms with van der Waals surface area (Å²) in [5.74, 6) is 0. The first-order valence-electron chi connectivity index (χ1n) is 8.32. The molecule has 1 nitrogen and oxygen atoms in total. The molecule has 0 aliphatic rings. The van der Waals surface area contributed by atoms with Crippen LogP contribution >= 0.6 is 11.3 Å². The van der Waals surface area contributed by atoms with Gasteiger partial charge in [0.25, 0.3) is 0 Å². The van der Waals surface area contributed by atoms with Crippen LogP contribution < -0.4 is 0 Å². The highest BCUT2D eigenvalue weighted by Crippen LogP contribution is 2.39. The molecule has 0 aliphatic heterocycles. The number of fused-ring (bicyclic) bond motifs is 3. The molecule has 0 bridgehead atoms. The molecule has 2 heterocycles. The van der Waals surface area contributed by atoms with Gasteiger partial charge in [0.15, 0.2) is 0 Å². The number of thiophene rings is 1. The maximum absolute atomic E-state index is 7.47. The Morgan fingerprint density at radius 2 is 1.90 bits per heavy atom. The highest BCUT2D eigenvalue weighted by molar-refractivity contribution is 7.26. The number of rotatable bonds is 1. The summed E-state index contributed by atoms with van der Waals surface area (Å²) in [5, 5.41) is 2.47. The number of aromatic nitrogens is 1. The van der Waals surface area contributed by atoms with Gasteiger partial charge in [-0.1, -0.05) is 36.4 Å². The van der Waals surface area contributed by atoms with Crippen LogP contribution in [0.5, 0.6) is 0 Å². The molecule has 0 N–H and O–H groups in total. The molecule has 4 rings (SSSR count). The summed E-state index contributed by atoms with van der Waals surface area (Å²) in [4.78, 5) is 4.40. The lowest BCUT2D eigenvalue weighted by Crippen LogP contribution is -1.84. The number of nitrogens with zero attached hydrogens (tertiary/aromatic N) is 1. The Hall–Kier alpha value is -2.19. The third-order valence-electron chi connectivity index (χ3n) is 3.69. The summed E-state index contributed by atoms with van der Waals surface area (Å²) in [6, 6.07) is 16.1. The van der Waals surface area contributed by atoms with E-state index in [4.69, 9.17) is 4.11 Å². The average Bonchev–Trinajstić information content (AvgIpc) is 2.91. The number of pyridine rings is 1. The number of aryl methyl sites for hydroxylation is 2. The Bertz CT molecular complexity index is 1050. The summed E-state index contributed by atoms with van der Waals surface area (Å²) < 4.78 is 24.9. The van der Waals surface area contributed by atoms with Crippen LogP contribution in [0.3, 0.4) is 0 Å². The van der Waals surface area contributed by atoms with Gasteiger partial charge < -0.3 is 0 Å². The first kappa shape index (κ1) is 9.69. The number of benzene rings is 2. The average molecular weight is 292 g/mol. The molecular weight excluding hydrogens is 274 g/mol. The standard InChI is InChI=1S/C19H15NS/c1-12-6-8-14-15-4-3-5-16(19(15)21-18(14)10-12)17-9-7-13(2)11-20-17/h3-11H,1-2H3/i2D3. The van der Waals surface area contributed by atoms with Gasteiger partial charge in [-0.2, -0.15) is 0 Å². The molecule has 102 valence electrons. The van der Waals surface area contributed by atoms with Crippen molar-refractivity contribution in [3.63, 3.8) is 0 Å². The Morgan fingerprint density at radius 1 is 1.00 bits per heavy atom. The monoisotopic (exact) mass is 292 g/mol. The number of hydrogen-bond acceptors (Lipinski definition) is 2. The molecule has 0 spiro atoms. The van der Waals surface area contributed by atoms with Crippen LogP contribution in [0.15, 0.2) is 54.7 Å². The normalized spacial score (nSPS) is 14.0. The van der Waals surface area contributed by atoms with Gasteiger partial charge in [0.05, 0.1) is 5.69 Å². The minimum absolute atomic E-state index is 0.269. The Kier molecular flexibility index (Phi) is 2.16. The predicted molar refractivity (Wildman–Crippen MR) is 92.0 cm³/mol. The summed E-state index contributed by atoms with van der Waals surface area (Å²) in [6.45, 7) is -0.0213. The molecule has 4 aromatic rings. The molecule has 0 radical (unpaired) electrons. The summed E-state index contributed by atoms with van der Waals surface area (Å²) in [6.07, 6.45) is 1.46. The van der Waals surface area contributed by atoms with Crippen LogP contribution in [-0.2, 0) is 0 Å². The Balaban J connectivity index is 1.92. The van der Waals surface area contributed by atoms with Crippen LogP contribution in [0.2, 0.25) is 0 Å². The Morgan fingerprint density at radius 3 is 2.71 bits per heavy atom. The fourth-order valence-corrected chi connectivity index (χ4v) is 3.98. The predicted octanol–water partition coefficient (Wildman–Crippen LogP) is 5.73.